The number of nitrogens with zero attached hydrogens (tertiary/aromatic N) is 2. The summed E-state index contributed by atoms with van der Waals surface area (Å²) in [7, 11) is 2.83. The topological polar surface area (TPSA) is 102 Å². The quantitative estimate of drug-likeness (QED) is 0.712. The van der Waals surface area contributed by atoms with E-state index in [0.29, 0.717) is 6.54 Å². The van der Waals surface area contributed by atoms with Gasteiger partial charge in [-0.3, -0.25) is 23.5 Å². The predicted molar refractivity (Wildman–Crippen MR) is 101 cm³/mol. The third kappa shape index (κ3) is 3.69. The van der Waals surface area contributed by atoms with Crippen LogP contribution in [-0.2, 0) is 30.1 Å². The first-order chi connectivity index (χ1) is 12.9. The number of fused-ring (bicyclic) bond motifs is 1. The maximum atomic E-state index is 12.4. The van der Waals surface area contributed by atoms with Gasteiger partial charge in [0.15, 0.2) is 0 Å². The van der Waals surface area contributed by atoms with Crippen molar-refractivity contribution < 1.29 is 9.59 Å². The molecule has 8 nitrogen and oxygen atoms in total. The molecule has 1 aliphatic rings. The second kappa shape index (κ2) is 7.61. The predicted octanol–water partition coefficient (Wildman–Crippen LogP) is 0.259. The molecule has 0 bridgehead atoms. The van der Waals surface area contributed by atoms with Crippen LogP contribution in [0.2, 0.25) is 0 Å². The van der Waals surface area contributed by atoms with Crippen LogP contribution < -0.4 is 21.9 Å². The van der Waals surface area contributed by atoms with Gasteiger partial charge in [-0.15, -0.1) is 0 Å². The molecule has 0 fully saturated rings. The summed E-state index contributed by atoms with van der Waals surface area (Å²) in [6.45, 7) is 0.486. The number of amides is 2. The highest BCUT2D eigenvalue weighted by Crippen LogP contribution is 2.30. The molecule has 0 aliphatic carbocycles. The number of carbonyl (C=O) groups is 2. The third-order valence-corrected chi connectivity index (χ3v) is 4.80. The monoisotopic (exact) mass is 370 g/mol. The van der Waals surface area contributed by atoms with Gasteiger partial charge >= 0.3 is 5.69 Å². The summed E-state index contributed by atoms with van der Waals surface area (Å²) in [6, 6.07) is 9.95. The van der Waals surface area contributed by atoms with Gasteiger partial charge in [0.1, 0.15) is 5.82 Å². The van der Waals surface area contributed by atoms with Crippen LogP contribution in [0.3, 0.4) is 0 Å². The highest BCUT2D eigenvalue weighted by atomic mass is 16.2. The number of carbonyl (C=O) groups excluding carboxylic acids is 2. The molecule has 0 spiro atoms. The first-order valence-electron chi connectivity index (χ1n) is 8.81. The molecule has 27 heavy (non-hydrogen) atoms. The molecule has 2 amide bonds. The number of aryl methyl sites for hydroxylation is 1. The summed E-state index contributed by atoms with van der Waals surface area (Å²) < 4.78 is 2.16. The Morgan fingerprint density at radius 1 is 1.11 bits per heavy atom. The maximum Gasteiger partial charge on any atom is 0.332 e. The van der Waals surface area contributed by atoms with Gasteiger partial charge in [-0.1, -0.05) is 30.3 Å². The second-order valence-electron chi connectivity index (χ2n) is 6.65. The van der Waals surface area contributed by atoms with Gasteiger partial charge < -0.3 is 10.6 Å². The average molecular weight is 370 g/mol. The van der Waals surface area contributed by atoms with Crippen LogP contribution in [0.15, 0.2) is 39.9 Å². The third-order valence-electron chi connectivity index (χ3n) is 4.80. The van der Waals surface area contributed by atoms with Crippen molar-refractivity contribution in [1.29, 1.82) is 0 Å². The SMILES string of the molecule is Cn1c2c(c(=O)n(C)c1=O)[C@H](CC(=O)NCCCc1ccccc1)C(=O)N2. The molecule has 0 radical (unpaired) electrons. The van der Waals surface area contributed by atoms with E-state index in [1.807, 2.05) is 30.3 Å². The summed E-state index contributed by atoms with van der Waals surface area (Å²) >= 11 is 0. The van der Waals surface area contributed by atoms with E-state index in [4.69, 9.17) is 0 Å². The molecular formula is C19H22N4O4. The molecule has 0 unspecified atom stereocenters. The number of nitrogens with one attached hydrogen (secondary N) is 2. The van der Waals surface area contributed by atoms with Crippen molar-refractivity contribution in [2.24, 2.45) is 14.1 Å². The smallest absolute Gasteiger partial charge is 0.332 e. The zero-order chi connectivity index (χ0) is 19.6. The van der Waals surface area contributed by atoms with E-state index in [2.05, 4.69) is 10.6 Å². The summed E-state index contributed by atoms with van der Waals surface area (Å²) in [6.07, 6.45) is 1.49. The Morgan fingerprint density at radius 2 is 1.81 bits per heavy atom. The molecule has 1 aromatic heterocycles. The Hall–Kier alpha value is -3.16. The maximum absolute atomic E-state index is 12.4. The Bertz CT molecular complexity index is 991. The van der Waals surface area contributed by atoms with Gasteiger partial charge in [-0.05, 0) is 18.4 Å². The van der Waals surface area contributed by atoms with Crippen molar-refractivity contribution in [2.45, 2.75) is 25.2 Å². The summed E-state index contributed by atoms with van der Waals surface area (Å²) in [5.74, 6) is -1.45. The first kappa shape index (κ1) is 18.6. The normalized spacial score (nSPS) is 15.3. The largest absolute Gasteiger partial charge is 0.356 e. The summed E-state index contributed by atoms with van der Waals surface area (Å²) in [4.78, 5) is 48.9. The number of hydrogen-bond donors (Lipinski definition) is 2. The lowest BCUT2D eigenvalue weighted by atomic mass is 9.99. The molecule has 1 atom stereocenters. The molecule has 8 heteroatoms. The van der Waals surface area contributed by atoms with E-state index < -0.39 is 23.1 Å². The number of anilines is 1. The minimum atomic E-state index is -0.889. The lowest BCUT2D eigenvalue weighted by molar-refractivity contribution is -0.125. The standard InChI is InChI=1S/C19H22N4O4/c1-22-16-15(18(26)23(2)19(22)27)13(17(25)21-16)11-14(24)20-10-6-9-12-7-4-3-5-8-12/h3-5,7-8,13H,6,9-11H2,1-2H3,(H,20,24)(H,21,25)/t13-/m0/s1. The molecule has 2 N–H and O–H groups in total. The van der Waals surface area contributed by atoms with E-state index in [-0.39, 0.29) is 23.7 Å². The molecule has 1 aliphatic heterocycles. The number of hydrogen-bond acceptors (Lipinski definition) is 4. The van der Waals surface area contributed by atoms with E-state index in [1.165, 1.54) is 24.2 Å². The Labute approximate surface area is 155 Å². The van der Waals surface area contributed by atoms with E-state index in [9.17, 15) is 19.2 Å². The average Bonchev–Trinajstić information content (AvgIpc) is 2.99. The van der Waals surface area contributed by atoms with Gasteiger partial charge in [0.25, 0.3) is 5.56 Å². The van der Waals surface area contributed by atoms with Gasteiger partial charge in [0.2, 0.25) is 11.8 Å². The minimum Gasteiger partial charge on any atom is -0.356 e. The zero-order valence-electron chi connectivity index (χ0n) is 15.3. The lowest BCUT2D eigenvalue weighted by Crippen LogP contribution is -2.39. The van der Waals surface area contributed by atoms with Gasteiger partial charge in [0.05, 0.1) is 11.5 Å². The summed E-state index contributed by atoms with van der Waals surface area (Å²) in [5.41, 5.74) is 0.294. The van der Waals surface area contributed by atoms with Crippen LogP contribution in [-0.4, -0.2) is 27.5 Å². The fraction of sp³-hybridized carbons (Fsp3) is 0.368. The van der Waals surface area contributed by atoms with E-state index in [0.717, 1.165) is 17.4 Å². The van der Waals surface area contributed by atoms with Gasteiger partial charge in [-0.2, -0.15) is 0 Å². The van der Waals surface area contributed by atoms with Crippen molar-refractivity contribution in [1.82, 2.24) is 14.5 Å². The van der Waals surface area contributed by atoms with Crippen molar-refractivity contribution in [3.63, 3.8) is 0 Å². The van der Waals surface area contributed by atoms with Crippen LogP contribution in [0, 0.1) is 0 Å². The van der Waals surface area contributed by atoms with E-state index >= 15 is 0 Å². The Morgan fingerprint density at radius 3 is 2.52 bits per heavy atom. The van der Waals surface area contributed by atoms with Gasteiger partial charge in [0, 0.05) is 27.1 Å². The van der Waals surface area contributed by atoms with Crippen LogP contribution >= 0.6 is 0 Å². The molecule has 0 saturated heterocycles. The highest BCUT2D eigenvalue weighted by Gasteiger charge is 2.37. The fourth-order valence-electron chi connectivity index (χ4n) is 3.29. The number of rotatable bonds is 6. The Kier molecular flexibility index (Phi) is 5.25. The highest BCUT2D eigenvalue weighted by molar-refractivity contribution is 6.03. The minimum absolute atomic E-state index is 0.127. The van der Waals surface area contributed by atoms with Crippen molar-refractivity contribution in [2.75, 3.05) is 11.9 Å². The van der Waals surface area contributed by atoms with Crippen molar-refractivity contribution in [3.8, 4) is 0 Å². The lowest BCUT2D eigenvalue weighted by Gasteiger charge is -2.11. The molecule has 2 aromatic rings. The van der Waals surface area contributed by atoms with Gasteiger partial charge in [-0.25, -0.2) is 4.79 Å². The fourth-order valence-corrected chi connectivity index (χ4v) is 3.29. The molecule has 2 heterocycles. The van der Waals surface area contributed by atoms with Crippen molar-refractivity contribution in [3.05, 3.63) is 62.3 Å². The molecule has 0 saturated carbocycles. The number of aromatic nitrogens is 2. The van der Waals surface area contributed by atoms with Crippen LogP contribution in [0.4, 0.5) is 5.82 Å². The van der Waals surface area contributed by atoms with Crippen LogP contribution in [0.1, 0.15) is 29.9 Å². The van der Waals surface area contributed by atoms with Crippen LogP contribution in [0.5, 0.6) is 0 Å². The number of benzene rings is 1. The summed E-state index contributed by atoms with van der Waals surface area (Å²) in [5, 5.41) is 5.34. The Balaban J connectivity index is 1.63. The van der Waals surface area contributed by atoms with Crippen molar-refractivity contribution >= 4 is 17.6 Å². The molecular weight excluding hydrogens is 348 g/mol. The van der Waals surface area contributed by atoms with E-state index in [1.54, 1.807) is 0 Å². The second-order valence-corrected chi connectivity index (χ2v) is 6.65. The molecule has 1 aromatic carbocycles. The first-order valence-corrected chi connectivity index (χ1v) is 8.81. The van der Waals surface area contributed by atoms with Crippen LogP contribution in [0.25, 0.3) is 0 Å². The molecule has 142 valence electrons. The molecule has 3 rings (SSSR count). The zero-order valence-corrected chi connectivity index (χ0v) is 15.3.